The zero-order valence-electron chi connectivity index (χ0n) is 24.1. The summed E-state index contributed by atoms with van der Waals surface area (Å²) in [4.78, 5) is 11.0. The Morgan fingerprint density at radius 3 is 2.42 bits per heavy atom. The molecule has 38 heavy (non-hydrogen) atoms. The summed E-state index contributed by atoms with van der Waals surface area (Å²) in [6.07, 6.45) is 14.1. The first-order chi connectivity index (χ1) is 18.6. The molecule has 0 spiro atoms. The second kappa shape index (κ2) is 20.5. The van der Waals surface area contributed by atoms with Crippen molar-refractivity contribution in [1.82, 2.24) is 14.9 Å². The van der Waals surface area contributed by atoms with Gasteiger partial charge in [0.25, 0.3) is 0 Å². The van der Waals surface area contributed by atoms with Gasteiger partial charge in [-0.1, -0.05) is 63.3 Å². The number of benzene rings is 1. The minimum atomic E-state index is 0.435. The molecule has 0 atom stereocenters. The van der Waals surface area contributed by atoms with Crippen molar-refractivity contribution in [1.29, 1.82) is 5.41 Å². The molecule has 1 aliphatic rings. The molecular formula is C30H47N7O. The summed E-state index contributed by atoms with van der Waals surface area (Å²) < 4.78 is 5.12. The van der Waals surface area contributed by atoms with Crippen LogP contribution in [0, 0.1) is 11.3 Å². The first-order valence-corrected chi connectivity index (χ1v) is 13.6. The number of nitrogens with one attached hydrogen (secondary N) is 3. The Morgan fingerprint density at radius 2 is 1.84 bits per heavy atom. The molecule has 1 aliphatic heterocycles. The summed E-state index contributed by atoms with van der Waals surface area (Å²) in [5.41, 5.74) is 4.91. The zero-order chi connectivity index (χ0) is 28.0. The van der Waals surface area contributed by atoms with Crippen LogP contribution < -0.4 is 10.7 Å². The Morgan fingerprint density at radius 1 is 1.16 bits per heavy atom. The zero-order valence-corrected chi connectivity index (χ0v) is 24.1. The van der Waals surface area contributed by atoms with Gasteiger partial charge < -0.3 is 15.5 Å². The number of likely N-dealkylation sites (tertiary alicyclic amines) is 1. The molecule has 0 amide bonds. The van der Waals surface area contributed by atoms with E-state index in [1.807, 2.05) is 40.0 Å². The average molecular weight is 522 g/mol. The van der Waals surface area contributed by atoms with E-state index < -0.39 is 0 Å². The first-order valence-electron chi connectivity index (χ1n) is 13.6. The Bertz CT molecular complexity index is 981. The summed E-state index contributed by atoms with van der Waals surface area (Å²) in [6.45, 7) is 13.7. The number of hydrogen-bond acceptors (Lipinski definition) is 8. The first kappa shape index (κ1) is 32.5. The summed E-state index contributed by atoms with van der Waals surface area (Å²) in [5, 5.41) is 15.3. The summed E-state index contributed by atoms with van der Waals surface area (Å²) in [5.74, 6) is 2.34. The third-order valence-corrected chi connectivity index (χ3v) is 5.82. The maximum absolute atomic E-state index is 7.74. The second-order valence-electron chi connectivity index (χ2n) is 8.50. The standard InChI is InChI=1S/C23H31N7O.C5H10.C2H6/c1-18(31-2)8-11-25-22-21(14-24)23(27-17-26-22)29-28-15-19-9-12-30(13-10-19)16-20-6-4-3-5-7-20;1-3-5-4-2;1-2/h3-8,14-15,17,19,24H,9-13,16H2,1-2H3,(H2,25,26,27,29);3,5H,4H2,1-2H3;1-2H3/b18-8+,24-14?,28-15+;5-3-;. The van der Waals surface area contributed by atoms with Crippen molar-refractivity contribution in [3.05, 3.63) is 71.8 Å². The number of piperidine rings is 1. The highest BCUT2D eigenvalue weighted by Crippen LogP contribution is 2.19. The molecular weight excluding hydrogens is 474 g/mol. The van der Waals surface area contributed by atoms with Crippen molar-refractivity contribution in [3.63, 3.8) is 0 Å². The summed E-state index contributed by atoms with van der Waals surface area (Å²) in [7, 11) is 1.63. The molecule has 208 valence electrons. The Hall–Kier alpha value is -3.52. The van der Waals surface area contributed by atoms with Gasteiger partial charge in [-0.25, -0.2) is 9.97 Å². The lowest BCUT2D eigenvalue weighted by Gasteiger charge is -2.30. The fourth-order valence-corrected chi connectivity index (χ4v) is 3.68. The molecule has 3 N–H and O–H groups in total. The number of hydrogen-bond donors (Lipinski definition) is 3. The number of aromatic nitrogens is 2. The fourth-order valence-electron chi connectivity index (χ4n) is 3.68. The molecule has 0 radical (unpaired) electrons. The molecule has 1 aromatic heterocycles. The van der Waals surface area contributed by atoms with E-state index in [4.69, 9.17) is 10.1 Å². The van der Waals surface area contributed by atoms with Gasteiger partial charge in [-0.15, -0.1) is 0 Å². The van der Waals surface area contributed by atoms with Crippen LogP contribution in [0.4, 0.5) is 11.6 Å². The topological polar surface area (TPSA) is 98.5 Å². The number of hydrazone groups is 1. The van der Waals surface area contributed by atoms with E-state index in [0.29, 0.717) is 29.7 Å². The Balaban J connectivity index is 0.000000924. The van der Waals surface area contributed by atoms with Gasteiger partial charge in [0, 0.05) is 25.5 Å². The Labute approximate surface area is 229 Å². The van der Waals surface area contributed by atoms with Gasteiger partial charge in [0.05, 0.1) is 18.4 Å². The van der Waals surface area contributed by atoms with Crippen LogP contribution in [0.5, 0.6) is 0 Å². The van der Waals surface area contributed by atoms with E-state index in [0.717, 1.165) is 44.7 Å². The minimum Gasteiger partial charge on any atom is -0.502 e. The number of ether oxygens (including phenoxy) is 1. The maximum atomic E-state index is 7.74. The lowest BCUT2D eigenvalue weighted by Crippen LogP contribution is -2.33. The van der Waals surface area contributed by atoms with Crippen molar-refractivity contribution in [2.75, 3.05) is 37.5 Å². The van der Waals surface area contributed by atoms with Crippen LogP contribution in [-0.2, 0) is 11.3 Å². The predicted molar refractivity (Wildman–Crippen MR) is 162 cm³/mol. The molecule has 8 heteroatoms. The molecule has 0 unspecified atom stereocenters. The lowest BCUT2D eigenvalue weighted by atomic mass is 9.98. The third kappa shape index (κ3) is 12.6. The van der Waals surface area contributed by atoms with Crippen molar-refractivity contribution >= 4 is 24.1 Å². The van der Waals surface area contributed by atoms with E-state index in [1.165, 1.54) is 18.1 Å². The van der Waals surface area contributed by atoms with E-state index in [-0.39, 0.29) is 0 Å². The molecule has 1 fully saturated rings. The molecule has 0 saturated carbocycles. The highest BCUT2D eigenvalue weighted by atomic mass is 16.5. The normalized spacial score (nSPS) is 14.3. The van der Waals surface area contributed by atoms with Gasteiger partial charge in [0.15, 0.2) is 5.82 Å². The third-order valence-electron chi connectivity index (χ3n) is 5.82. The minimum absolute atomic E-state index is 0.435. The number of methoxy groups -OCH3 is 1. The molecule has 2 heterocycles. The number of allylic oxidation sites excluding steroid dienone is 3. The summed E-state index contributed by atoms with van der Waals surface area (Å²) >= 11 is 0. The van der Waals surface area contributed by atoms with Gasteiger partial charge >= 0.3 is 0 Å². The predicted octanol–water partition coefficient (Wildman–Crippen LogP) is 6.74. The highest BCUT2D eigenvalue weighted by Gasteiger charge is 2.18. The monoisotopic (exact) mass is 521 g/mol. The van der Waals surface area contributed by atoms with Gasteiger partial charge in [0.1, 0.15) is 12.1 Å². The van der Waals surface area contributed by atoms with Crippen molar-refractivity contribution in [2.45, 2.75) is 60.4 Å². The number of rotatable bonds is 11. The van der Waals surface area contributed by atoms with Crippen LogP contribution in [-0.4, -0.2) is 54.0 Å². The molecule has 3 rings (SSSR count). The Kier molecular flexibility index (Phi) is 17.6. The van der Waals surface area contributed by atoms with Crippen LogP contribution in [0.2, 0.25) is 0 Å². The van der Waals surface area contributed by atoms with Gasteiger partial charge in [-0.05, 0) is 63.8 Å². The van der Waals surface area contributed by atoms with Crippen molar-refractivity contribution < 1.29 is 4.74 Å². The van der Waals surface area contributed by atoms with Crippen molar-refractivity contribution in [2.24, 2.45) is 11.0 Å². The van der Waals surface area contributed by atoms with Crippen LogP contribution in [0.15, 0.2) is 65.7 Å². The number of nitrogens with zero attached hydrogens (tertiary/aromatic N) is 4. The van der Waals surface area contributed by atoms with Crippen LogP contribution in [0.25, 0.3) is 0 Å². The van der Waals surface area contributed by atoms with E-state index >= 15 is 0 Å². The van der Waals surface area contributed by atoms with E-state index in [1.54, 1.807) is 7.11 Å². The highest BCUT2D eigenvalue weighted by molar-refractivity contribution is 5.90. The molecule has 2 aromatic rings. The number of anilines is 2. The smallest absolute Gasteiger partial charge is 0.160 e. The molecule has 0 bridgehead atoms. The van der Waals surface area contributed by atoms with E-state index in [9.17, 15) is 0 Å². The molecule has 1 saturated heterocycles. The molecule has 8 nitrogen and oxygen atoms in total. The lowest BCUT2D eigenvalue weighted by molar-refractivity contribution is 0.203. The summed E-state index contributed by atoms with van der Waals surface area (Å²) in [6, 6.07) is 10.6. The SMILES string of the molecule is C/C=C\CC.CC.CO/C(C)=C/CNc1ncnc(N/N=C/C2CCN(Cc3ccccc3)CC2)c1C=N. The van der Waals surface area contributed by atoms with Crippen LogP contribution in [0.3, 0.4) is 0 Å². The van der Waals surface area contributed by atoms with Crippen molar-refractivity contribution in [3.8, 4) is 0 Å². The molecule has 1 aromatic carbocycles. The van der Waals surface area contributed by atoms with E-state index in [2.05, 4.69) is 80.1 Å². The van der Waals surface area contributed by atoms with Gasteiger partial charge in [0.2, 0.25) is 0 Å². The van der Waals surface area contributed by atoms with Gasteiger partial charge in [-0.2, -0.15) is 5.10 Å². The average Bonchev–Trinajstić information content (AvgIpc) is 2.96. The maximum Gasteiger partial charge on any atom is 0.160 e. The quantitative estimate of drug-likeness (QED) is 0.131. The molecule has 0 aliphatic carbocycles. The van der Waals surface area contributed by atoms with Crippen LogP contribution >= 0.6 is 0 Å². The van der Waals surface area contributed by atoms with Gasteiger partial charge in [-0.3, -0.25) is 10.3 Å². The second-order valence-corrected chi connectivity index (χ2v) is 8.50. The van der Waals surface area contributed by atoms with Crippen LogP contribution in [0.1, 0.15) is 65.0 Å². The fraction of sp³-hybridized carbons (Fsp3) is 0.467. The largest absolute Gasteiger partial charge is 0.502 e.